The normalized spacial score (nSPS) is 10.3. The Bertz CT molecular complexity index is 640. The molecule has 0 radical (unpaired) electrons. The predicted molar refractivity (Wildman–Crippen MR) is 83.3 cm³/mol. The molecular weight excluding hydrogens is 278 g/mol. The molecule has 0 unspecified atom stereocenters. The number of thiocarbonyl (C=S) groups is 1. The second-order valence-electron chi connectivity index (χ2n) is 4.31. The summed E-state index contributed by atoms with van der Waals surface area (Å²) in [5, 5.41) is 0.492. The molecule has 0 aliphatic heterocycles. The van der Waals surface area contributed by atoms with Gasteiger partial charge in [0.05, 0.1) is 5.02 Å². The number of aryl methyl sites for hydroxylation is 1. The van der Waals surface area contributed by atoms with Crippen molar-refractivity contribution >= 4 is 28.8 Å². The Morgan fingerprint density at radius 3 is 2.53 bits per heavy atom. The summed E-state index contributed by atoms with van der Waals surface area (Å²) in [6.45, 7) is 4.06. The van der Waals surface area contributed by atoms with Gasteiger partial charge in [-0.1, -0.05) is 36.0 Å². The molecule has 2 N–H and O–H groups in total. The van der Waals surface area contributed by atoms with Crippen molar-refractivity contribution in [2.75, 3.05) is 0 Å². The summed E-state index contributed by atoms with van der Waals surface area (Å²) in [6, 6.07) is 11.2. The van der Waals surface area contributed by atoms with Gasteiger partial charge in [-0.05, 0) is 49.2 Å². The molecule has 0 aliphatic rings. The van der Waals surface area contributed by atoms with Gasteiger partial charge >= 0.3 is 0 Å². The van der Waals surface area contributed by atoms with Crippen LogP contribution in [-0.4, -0.2) is 4.99 Å². The summed E-state index contributed by atoms with van der Waals surface area (Å²) in [4.78, 5) is 0.320. The molecule has 0 aliphatic carbocycles. The highest BCUT2D eigenvalue weighted by Gasteiger charge is 2.08. The quantitative estimate of drug-likeness (QED) is 0.852. The average molecular weight is 292 g/mol. The van der Waals surface area contributed by atoms with Crippen LogP contribution in [0.25, 0.3) is 0 Å². The summed E-state index contributed by atoms with van der Waals surface area (Å²) >= 11 is 11.1. The molecule has 2 aromatic rings. The second-order valence-corrected chi connectivity index (χ2v) is 5.16. The van der Waals surface area contributed by atoms with Gasteiger partial charge in [-0.25, -0.2) is 0 Å². The van der Waals surface area contributed by atoms with Gasteiger partial charge in [0, 0.05) is 5.56 Å². The van der Waals surface area contributed by atoms with E-state index in [0.717, 1.165) is 16.9 Å². The van der Waals surface area contributed by atoms with Crippen LogP contribution in [0.1, 0.15) is 16.7 Å². The van der Waals surface area contributed by atoms with Crippen LogP contribution in [0.4, 0.5) is 0 Å². The molecule has 0 bridgehead atoms. The lowest BCUT2D eigenvalue weighted by molar-refractivity contribution is 0.478. The lowest BCUT2D eigenvalue weighted by Gasteiger charge is -2.12. The zero-order valence-electron chi connectivity index (χ0n) is 10.7. The van der Waals surface area contributed by atoms with Gasteiger partial charge in [0.15, 0.2) is 0 Å². The van der Waals surface area contributed by atoms with Gasteiger partial charge in [0.2, 0.25) is 0 Å². The summed E-state index contributed by atoms with van der Waals surface area (Å²) < 4.78 is 5.84. The zero-order valence-corrected chi connectivity index (χ0v) is 12.3. The lowest BCUT2D eigenvalue weighted by atomic mass is 10.1. The van der Waals surface area contributed by atoms with Gasteiger partial charge in [0.25, 0.3) is 0 Å². The topological polar surface area (TPSA) is 35.2 Å². The van der Waals surface area contributed by atoms with E-state index in [9.17, 15) is 0 Å². The fourth-order valence-corrected chi connectivity index (χ4v) is 2.04. The SMILES string of the molecule is Cc1cccc(Oc2ccc(C(N)=S)cc2Cl)c1C. The molecule has 0 aromatic heterocycles. The van der Waals surface area contributed by atoms with E-state index in [1.165, 1.54) is 5.56 Å². The third kappa shape index (κ3) is 3.06. The summed E-state index contributed by atoms with van der Waals surface area (Å²) in [5.41, 5.74) is 8.56. The van der Waals surface area contributed by atoms with Crippen molar-refractivity contribution in [2.24, 2.45) is 5.73 Å². The monoisotopic (exact) mass is 291 g/mol. The molecule has 0 atom stereocenters. The van der Waals surface area contributed by atoms with Crippen molar-refractivity contribution in [3.8, 4) is 11.5 Å². The molecule has 2 rings (SSSR count). The molecule has 0 saturated carbocycles. The standard InChI is InChI=1S/C15H14ClNOS/c1-9-4-3-5-13(10(9)2)18-14-7-6-11(15(17)19)8-12(14)16/h3-8H,1-2H3,(H2,17,19). The van der Waals surface area contributed by atoms with E-state index in [1.807, 2.05) is 32.0 Å². The Kier molecular flexibility index (Phi) is 4.08. The fourth-order valence-electron chi connectivity index (χ4n) is 1.69. The number of ether oxygens (including phenoxy) is 1. The lowest BCUT2D eigenvalue weighted by Crippen LogP contribution is -2.08. The molecule has 98 valence electrons. The Balaban J connectivity index is 2.34. The Hall–Kier alpha value is -1.58. The molecule has 4 heteroatoms. The van der Waals surface area contributed by atoms with E-state index >= 15 is 0 Å². The van der Waals surface area contributed by atoms with Gasteiger partial charge in [-0.2, -0.15) is 0 Å². The predicted octanol–water partition coefficient (Wildman–Crippen LogP) is 4.38. The minimum atomic E-state index is 0.320. The number of benzene rings is 2. The molecule has 0 heterocycles. The van der Waals surface area contributed by atoms with Crippen LogP contribution in [-0.2, 0) is 0 Å². The van der Waals surface area contributed by atoms with Crippen LogP contribution in [0.15, 0.2) is 36.4 Å². The molecule has 2 nitrogen and oxygen atoms in total. The number of hydrogen-bond donors (Lipinski definition) is 1. The number of halogens is 1. The van der Waals surface area contributed by atoms with E-state index in [2.05, 4.69) is 0 Å². The zero-order chi connectivity index (χ0) is 14.0. The van der Waals surface area contributed by atoms with Crippen molar-refractivity contribution in [1.29, 1.82) is 0 Å². The van der Waals surface area contributed by atoms with Crippen LogP contribution < -0.4 is 10.5 Å². The van der Waals surface area contributed by atoms with Crippen molar-refractivity contribution in [3.05, 3.63) is 58.1 Å². The van der Waals surface area contributed by atoms with Crippen LogP contribution in [0.5, 0.6) is 11.5 Å². The third-order valence-corrected chi connectivity index (χ3v) is 3.52. The number of hydrogen-bond acceptors (Lipinski definition) is 2. The van der Waals surface area contributed by atoms with E-state index in [1.54, 1.807) is 18.2 Å². The van der Waals surface area contributed by atoms with Gasteiger partial charge in [0.1, 0.15) is 16.5 Å². The van der Waals surface area contributed by atoms with Crippen molar-refractivity contribution in [1.82, 2.24) is 0 Å². The van der Waals surface area contributed by atoms with E-state index in [-0.39, 0.29) is 0 Å². The molecule has 0 fully saturated rings. The minimum absolute atomic E-state index is 0.320. The van der Waals surface area contributed by atoms with E-state index in [0.29, 0.717) is 15.8 Å². The Morgan fingerprint density at radius 1 is 1.16 bits per heavy atom. The van der Waals surface area contributed by atoms with Crippen LogP contribution in [0.3, 0.4) is 0 Å². The maximum atomic E-state index is 6.18. The molecule has 2 aromatic carbocycles. The van der Waals surface area contributed by atoms with Gasteiger partial charge in [-0.3, -0.25) is 0 Å². The fraction of sp³-hybridized carbons (Fsp3) is 0.133. The largest absolute Gasteiger partial charge is 0.456 e. The van der Waals surface area contributed by atoms with Gasteiger partial charge in [-0.15, -0.1) is 0 Å². The summed E-state index contributed by atoms with van der Waals surface area (Å²) in [6.07, 6.45) is 0. The third-order valence-electron chi connectivity index (χ3n) is 2.99. The summed E-state index contributed by atoms with van der Waals surface area (Å²) in [5.74, 6) is 1.39. The summed E-state index contributed by atoms with van der Waals surface area (Å²) in [7, 11) is 0. The van der Waals surface area contributed by atoms with E-state index < -0.39 is 0 Å². The first kappa shape index (κ1) is 13.8. The number of rotatable bonds is 3. The minimum Gasteiger partial charge on any atom is -0.456 e. The Labute approximate surface area is 123 Å². The first-order chi connectivity index (χ1) is 8.99. The van der Waals surface area contributed by atoms with E-state index in [4.69, 9.17) is 34.3 Å². The van der Waals surface area contributed by atoms with Crippen LogP contribution in [0, 0.1) is 13.8 Å². The van der Waals surface area contributed by atoms with Crippen LogP contribution in [0.2, 0.25) is 5.02 Å². The maximum absolute atomic E-state index is 6.18. The average Bonchev–Trinajstić information content (AvgIpc) is 2.37. The first-order valence-electron chi connectivity index (χ1n) is 5.82. The van der Waals surface area contributed by atoms with Crippen molar-refractivity contribution in [3.63, 3.8) is 0 Å². The molecular formula is C15H14ClNOS. The highest BCUT2D eigenvalue weighted by Crippen LogP contribution is 2.32. The maximum Gasteiger partial charge on any atom is 0.146 e. The number of nitrogens with two attached hydrogens (primary N) is 1. The van der Waals surface area contributed by atoms with Crippen molar-refractivity contribution in [2.45, 2.75) is 13.8 Å². The first-order valence-corrected chi connectivity index (χ1v) is 6.61. The van der Waals surface area contributed by atoms with Gasteiger partial charge < -0.3 is 10.5 Å². The smallest absolute Gasteiger partial charge is 0.146 e. The molecule has 0 saturated heterocycles. The second kappa shape index (κ2) is 5.59. The molecule has 0 spiro atoms. The molecule has 0 amide bonds. The highest BCUT2D eigenvalue weighted by atomic mass is 35.5. The Morgan fingerprint density at radius 2 is 1.89 bits per heavy atom. The molecule has 19 heavy (non-hydrogen) atoms. The highest BCUT2D eigenvalue weighted by molar-refractivity contribution is 7.80. The van der Waals surface area contributed by atoms with Crippen molar-refractivity contribution < 1.29 is 4.74 Å². The van der Waals surface area contributed by atoms with Crippen LogP contribution >= 0.6 is 23.8 Å².